The molecule has 0 aliphatic heterocycles. The number of carbonyl (C=O) groups is 1. The second kappa shape index (κ2) is 4.37. The fraction of sp³-hybridized carbons (Fsp3) is 0.0833. The van der Waals surface area contributed by atoms with Crippen LogP contribution in [-0.4, -0.2) is 15.8 Å². The second-order valence-corrected chi connectivity index (χ2v) is 3.44. The van der Waals surface area contributed by atoms with Gasteiger partial charge in [0, 0.05) is 12.3 Å². The van der Waals surface area contributed by atoms with Gasteiger partial charge in [-0.25, -0.2) is 18.7 Å². The van der Waals surface area contributed by atoms with Crippen molar-refractivity contribution in [2.75, 3.05) is 0 Å². The summed E-state index contributed by atoms with van der Waals surface area (Å²) in [4.78, 5) is 19.6. The lowest BCUT2D eigenvalue weighted by Gasteiger charge is -2.02. The summed E-state index contributed by atoms with van der Waals surface area (Å²) in [6, 6.07) is 4.19. The van der Waals surface area contributed by atoms with Gasteiger partial charge in [-0.2, -0.15) is 0 Å². The van der Waals surface area contributed by atoms with Gasteiger partial charge in [-0.05, 0) is 25.1 Å². The fourth-order valence-electron chi connectivity index (χ4n) is 1.39. The summed E-state index contributed by atoms with van der Waals surface area (Å²) < 4.78 is 26.1. The van der Waals surface area contributed by atoms with Gasteiger partial charge in [-0.1, -0.05) is 0 Å². The summed E-state index contributed by atoms with van der Waals surface area (Å²) in [6.07, 6.45) is 1.41. The van der Waals surface area contributed by atoms with Crippen LogP contribution in [0.4, 0.5) is 8.78 Å². The molecule has 0 saturated carbocycles. The van der Waals surface area contributed by atoms with E-state index in [0.29, 0.717) is 11.9 Å². The van der Waals surface area contributed by atoms with Crippen molar-refractivity contribution in [3.8, 4) is 0 Å². The maximum atomic E-state index is 13.4. The molecule has 0 aliphatic rings. The molecule has 0 radical (unpaired) electrons. The van der Waals surface area contributed by atoms with Gasteiger partial charge in [0.25, 0.3) is 0 Å². The highest BCUT2D eigenvalue weighted by molar-refractivity contribution is 6.07. The molecule has 86 valence electrons. The maximum absolute atomic E-state index is 13.4. The Labute approximate surface area is 96.2 Å². The first-order valence-electron chi connectivity index (χ1n) is 4.87. The number of aryl methyl sites for hydroxylation is 1. The first kappa shape index (κ1) is 11.3. The highest BCUT2D eigenvalue weighted by atomic mass is 19.1. The monoisotopic (exact) mass is 234 g/mol. The molecular formula is C12H8F2N2O. The minimum Gasteiger partial charge on any atom is -0.287 e. The molecule has 3 nitrogen and oxygen atoms in total. The van der Waals surface area contributed by atoms with E-state index in [1.807, 2.05) is 0 Å². The Morgan fingerprint density at radius 1 is 1.24 bits per heavy atom. The lowest BCUT2D eigenvalue weighted by Crippen LogP contribution is -2.08. The first-order chi connectivity index (χ1) is 8.08. The Kier molecular flexibility index (Phi) is 2.91. The summed E-state index contributed by atoms with van der Waals surface area (Å²) in [6.45, 7) is 1.62. The molecular weight excluding hydrogens is 226 g/mol. The number of ketones is 1. The smallest absolute Gasteiger partial charge is 0.214 e. The SMILES string of the molecule is Cc1nccc(C(=O)c2ccc(F)cc2F)n1. The van der Waals surface area contributed by atoms with Crippen molar-refractivity contribution in [2.45, 2.75) is 6.92 Å². The zero-order chi connectivity index (χ0) is 12.4. The Balaban J connectivity index is 2.44. The minimum absolute atomic E-state index is 0.0861. The van der Waals surface area contributed by atoms with E-state index in [-0.39, 0.29) is 11.3 Å². The third-order valence-corrected chi connectivity index (χ3v) is 2.18. The summed E-state index contributed by atoms with van der Waals surface area (Å²) in [5, 5.41) is 0. The molecule has 0 saturated heterocycles. The Morgan fingerprint density at radius 2 is 2.00 bits per heavy atom. The molecule has 0 atom stereocenters. The van der Waals surface area contributed by atoms with E-state index < -0.39 is 17.4 Å². The van der Waals surface area contributed by atoms with Gasteiger partial charge in [-0.3, -0.25) is 4.79 Å². The molecule has 0 bridgehead atoms. The van der Waals surface area contributed by atoms with Crippen LogP contribution in [0.1, 0.15) is 21.9 Å². The van der Waals surface area contributed by atoms with Crippen LogP contribution in [0.3, 0.4) is 0 Å². The normalized spacial score (nSPS) is 10.3. The number of rotatable bonds is 2. The standard InChI is InChI=1S/C12H8F2N2O/c1-7-15-5-4-11(16-7)12(17)9-3-2-8(13)6-10(9)14/h2-6H,1H3. The molecule has 17 heavy (non-hydrogen) atoms. The molecule has 1 heterocycles. The van der Waals surface area contributed by atoms with Crippen LogP contribution in [0.25, 0.3) is 0 Å². The summed E-state index contributed by atoms with van der Waals surface area (Å²) in [7, 11) is 0. The molecule has 0 N–H and O–H groups in total. The number of hydrogen-bond donors (Lipinski definition) is 0. The summed E-state index contributed by atoms with van der Waals surface area (Å²) in [5.74, 6) is -1.80. The molecule has 0 aliphatic carbocycles. The van der Waals surface area contributed by atoms with Crippen LogP contribution in [0.5, 0.6) is 0 Å². The zero-order valence-corrected chi connectivity index (χ0v) is 8.95. The minimum atomic E-state index is -0.897. The molecule has 2 rings (SSSR count). The van der Waals surface area contributed by atoms with Crippen molar-refractivity contribution in [3.05, 3.63) is 59.2 Å². The van der Waals surface area contributed by atoms with Crippen LogP contribution >= 0.6 is 0 Å². The highest BCUT2D eigenvalue weighted by Crippen LogP contribution is 2.13. The molecule has 1 aromatic carbocycles. The summed E-state index contributed by atoms with van der Waals surface area (Å²) >= 11 is 0. The predicted octanol–water partition coefficient (Wildman–Crippen LogP) is 2.29. The zero-order valence-electron chi connectivity index (χ0n) is 8.95. The molecule has 0 fully saturated rings. The van der Waals surface area contributed by atoms with Gasteiger partial charge in [0.2, 0.25) is 5.78 Å². The number of aromatic nitrogens is 2. The van der Waals surface area contributed by atoms with Crippen LogP contribution in [0.2, 0.25) is 0 Å². The van der Waals surface area contributed by atoms with Crippen LogP contribution in [-0.2, 0) is 0 Å². The lowest BCUT2D eigenvalue weighted by molar-refractivity contribution is 0.103. The number of benzene rings is 1. The Hall–Kier alpha value is -2.17. The van der Waals surface area contributed by atoms with Gasteiger partial charge >= 0.3 is 0 Å². The lowest BCUT2D eigenvalue weighted by atomic mass is 10.1. The highest BCUT2D eigenvalue weighted by Gasteiger charge is 2.15. The average Bonchev–Trinajstić information content (AvgIpc) is 2.28. The van der Waals surface area contributed by atoms with Crippen molar-refractivity contribution in [2.24, 2.45) is 0 Å². The van der Waals surface area contributed by atoms with Gasteiger partial charge < -0.3 is 0 Å². The van der Waals surface area contributed by atoms with Gasteiger partial charge in [-0.15, -0.1) is 0 Å². The topological polar surface area (TPSA) is 42.9 Å². The molecule has 2 aromatic rings. The van der Waals surface area contributed by atoms with Gasteiger partial charge in [0.05, 0.1) is 5.56 Å². The molecule has 1 aromatic heterocycles. The molecule has 0 amide bonds. The number of hydrogen-bond acceptors (Lipinski definition) is 3. The molecule has 5 heteroatoms. The van der Waals surface area contributed by atoms with Gasteiger partial charge in [0.1, 0.15) is 23.2 Å². The van der Waals surface area contributed by atoms with E-state index in [0.717, 1.165) is 12.1 Å². The third-order valence-electron chi connectivity index (χ3n) is 2.18. The Morgan fingerprint density at radius 3 is 2.65 bits per heavy atom. The first-order valence-corrected chi connectivity index (χ1v) is 4.87. The number of nitrogens with zero attached hydrogens (tertiary/aromatic N) is 2. The van der Waals surface area contributed by atoms with E-state index in [1.54, 1.807) is 6.92 Å². The van der Waals surface area contributed by atoms with E-state index in [9.17, 15) is 13.6 Å². The fourth-order valence-corrected chi connectivity index (χ4v) is 1.39. The van der Waals surface area contributed by atoms with Crippen molar-refractivity contribution >= 4 is 5.78 Å². The second-order valence-electron chi connectivity index (χ2n) is 3.44. The molecule has 0 unspecified atom stereocenters. The Bertz CT molecular complexity index is 584. The van der Waals surface area contributed by atoms with Crippen molar-refractivity contribution in [1.82, 2.24) is 9.97 Å². The van der Waals surface area contributed by atoms with Gasteiger partial charge in [0.15, 0.2) is 0 Å². The van der Waals surface area contributed by atoms with Crippen LogP contribution in [0, 0.1) is 18.6 Å². The maximum Gasteiger partial charge on any atom is 0.214 e. The number of carbonyl (C=O) groups excluding carboxylic acids is 1. The largest absolute Gasteiger partial charge is 0.287 e. The van der Waals surface area contributed by atoms with Crippen LogP contribution in [0.15, 0.2) is 30.5 Å². The predicted molar refractivity (Wildman–Crippen MR) is 56.6 cm³/mol. The van der Waals surface area contributed by atoms with E-state index >= 15 is 0 Å². The van der Waals surface area contributed by atoms with Crippen molar-refractivity contribution in [3.63, 3.8) is 0 Å². The van der Waals surface area contributed by atoms with Crippen molar-refractivity contribution in [1.29, 1.82) is 0 Å². The molecule has 0 spiro atoms. The van der Waals surface area contributed by atoms with Crippen molar-refractivity contribution < 1.29 is 13.6 Å². The average molecular weight is 234 g/mol. The van der Waals surface area contributed by atoms with E-state index in [1.165, 1.54) is 12.3 Å². The third kappa shape index (κ3) is 2.33. The van der Waals surface area contributed by atoms with E-state index in [2.05, 4.69) is 9.97 Å². The quantitative estimate of drug-likeness (QED) is 0.749. The van der Waals surface area contributed by atoms with Crippen LogP contribution < -0.4 is 0 Å². The summed E-state index contributed by atoms with van der Waals surface area (Å²) in [5.41, 5.74) is -0.118. The number of halogens is 2. The van der Waals surface area contributed by atoms with E-state index in [4.69, 9.17) is 0 Å².